The van der Waals surface area contributed by atoms with Crippen molar-refractivity contribution < 1.29 is 9.59 Å². The first-order chi connectivity index (χ1) is 17.6. The summed E-state index contributed by atoms with van der Waals surface area (Å²) >= 11 is 1.59. The molecule has 1 aromatic heterocycles. The van der Waals surface area contributed by atoms with Crippen LogP contribution in [-0.2, 0) is 11.3 Å². The summed E-state index contributed by atoms with van der Waals surface area (Å²) in [6, 6.07) is 21.9. The van der Waals surface area contributed by atoms with Crippen molar-refractivity contribution in [3.05, 3.63) is 93.7 Å². The summed E-state index contributed by atoms with van der Waals surface area (Å²) in [5.41, 5.74) is 2.82. The summed E-state index contributed by atoms with van der Waals surface area (Å²) in [5.74, 6) is -0.448. The molecule has 0 bridgehead atoms. The van der Waals surface area contributed by atoms with Gasteiger partial charge in [0.15, 0.2) is 0 Å². The molecule has 1 saturated heterocycles. The Hall–Kier alpha value is -3.00. The number of nitrogens with one attached hydrogen (secondary N) is 1. The van der Waals surface area contributed by atoms with Crippen LogP contribution in [0.25, 0.3) is 0 Å². The van der Waals surface area contributed by atoms with Crippen molar-refractivity contribution in [3.63, 3.8) is 0 Å². The number of thiophene rings is 1. The Labute approximate surface area is 217 Å². The lowest BCUT2D eigenvalue weighted by atomic mass is 9.81. The average Bonchev–Trinajstić information content (AvgIpc) is 3.44. The van der Waals surface area contributed by atoms with Gasteiger partial charge in [-0.3, -0.25) is 14.5 Å². The van der Waals surface area contributed by atoms with Crippen LogP contribution in [0.3, 0.4) is 0 Å². The Morgan fingerprint density at radius 1 is 0.944 bits per heavy atom. The maximum atomic E-state index is 13.5. The number of likely N-dealkylation sites (N-methyl/N-ethyl adjacent to an activating group) is 1. The number of fused-ring (bicyclic) bond motifs is 1. The molecule has 36 heavy (non-hydrogen) atoms. The minimum atomic E-state index is -0.413. The zero-order valence-corrected chi connectivity index (χ0v) is 21.6. The number of carbonyl (C=O) groups excluding carboxylic acids is 2. The molecular weight excluding hydrogens is 468 g/mol. The van der Waals surface area contributed by atoms with Crippen LogP contribution < -0.4 is 5.32 Å². The second kappa shape index (κ2) is 11.4. The highest BCUT2D eigenvalue weighted by Crippen LogP contribution is 2.43. The molecular formula is C29H34N4O2S. The molecule has 0 aliphatic carbocycles. The molecule has 0 unspecified atom stereocenters. The smallest absolute Gasteiger partial charge is 0.254 e. The highest BCUT2D eigenvalue weighted by atomic mass is 32.1. The van der Waals surface area contributed by atoms with Gasteiger partial charge >= 0.3 is 0 Å². The molecule has 0 radical (unpaired) electrons. The average molecular weight is 503 g/mol. The molecule has 7 heteroatoms. The first kappa shape index (κ1) is 24.7. The van der Waals surface area contributed by atoms with Gasteiger partial charge in [0.2, 0.25) is 5.91 Å². The summed E-state index contributed by atoms with van der Waals surface area (Å²) in [6.45, 7) is 6.89. The van der Waals surface area contributed by atoms with Crippen molar-refractivity contribution in [2.45, 2.75) is 24.9 Å². The number of benzene rings is 2. The molecule has 3 heterocycles. The lowest BCUT2D eigenvalue weighted by Crippen LogP contribution is -2.47. The van der Waals surface area contributed by atoms with E-state index in [-0.39, 0.29) is 17.9 Å². The molecule has 6 nitrogen and oxygen atoms in total. The van der Waals surface area contributed by atoms with Crippen LogP contribution in [0.4, 0.5) is 0 Å². The molecule has 2 amide bonds. The minimum absolute atomic E-state index is 0.00659. The number of carbonyl (C=O) groups is 2. The topological polar surface area (TPSA) is 55.9 Å². The number of hydrogen-bond acceptors (Lipinski definition) is 5. The van der Waals surface area contributed by atoms with E-state index in [4.69, 9.17) is 0 Å². The lowest BCUT2D eigenvalue weighted by molar-refractivity contribution is -0.124. The maximum Gasteiger partial charge on any atom is 0.254 e. The van der Waals surface area contributed by atoms with Crippen molar-refractivity contribution in [3.8, 4) is 0 Å². The Kier molecular flexibility index (Phi) is 7.80. The second-order valence-electron chi connectivity index (χ2n) is 9.69. The molecule has 0 saturated carbocycles. The van der Waals surface area contributed by atoms with Gasteiger partial charge in [-0.05, 0) is 41.6 Å². The highest BCUT2D eigenvalue weighted by molar-refractivity contribution is 7.10. The molecule has 2 aliphatic rings. The van der Waals surface area contributed by atoms with Crippen LogP contribution in [-0.4, -0.2) is 72.8 Å². The predicted octanol–water partition coefficient (Wildman–Crippen LogP) is 3.98. The van der Waals surface area contributed by atoms with Gasteiger partial charge in [0, 0.05) is 56.8 Å². The van der Waals surface area contributed by atoms with Crippen molar-refractivity contribution in [2.24, 2.45) is 0 Å². The number of nitrogens with zero attached hydrogens (tertiary/aromatic N) is 3. The Morgan fingerprint density at radius 3 is 2.42 bits per heavy atom. The zero-order chi connectivity index (χ0) is 24.9. The summed E-state index contributed by atoms with van der Waals surface area (Å²) < 4.78 is 0. The normalized spacial score (nSPS) is 20.8. The van der Waals surface area contributed by atoms with Gasteiger partial charge in [-0.25, -0.2) is 0 Å². The summed E-state index contributed by atoms with van der Waals surface area (Å²) in [4.78, 5) is 34.3. The third-order valence-corrected chi connectivity index (χ3v) is 8.30. The summed E-state index contributed by atoms with van der Waals surface area (Å²) in [6.07, 6.45) is 0.914. The fraction of sp³-hybridized carbons (Fsp3) is 0.379. The molecule has 0 spiro atoms. The largest absolute Gasteiger partial charge is 0.355 e. The third kappa shape index (κ3) is 5.38. The second-order valence-corrected chi connectivity index (χ2v) is 10.7. The van der Waals surface area contributed by atoms with Crippen LogP contribution >= 0.6 is 11.3 Å². The zero-order valence-electron chi connectivity index (χ0n) is 20.8. The molecule has 2 atom stereocenters. The van der Waals surface area contributed by atoms with Crippen LogP contribution in [0.1, 0.15) is 44.7 Å². The van der Waals surface area contributed by atoms with Gasteiger partial charge < -0.3 is 15.1 Å². The van der Waals surface area contributed by atoms with Crippen molar-refractivity contribution in [1.29, 1.82) is 0 Å². The number of amides is 2. The van der Waals surface area contributed by atoms with Crippen molar-refractivity contribution in [1.82, 2.24) is 20.0 Å². The third-order valence-electron chi connectivity index (χ3n) is 7.36. The van der Waals surface area contributed by atoms with E-state index in [9.17, 15) is 9.59 Å². The highest BCUT2D eigenvalue weighted by Gasteiger charge is 2.42. The number of hydrogen-bond donors (Lipinski definition) is 1. The van der Waals surface area contributed by atoms with E-state index < -0.39 is 5.92 Å². The first-order valence-corrected chi connectivity index (χ1v) is 13.7. The Bertz CT molecular complexity index is 1160. The van der Waals surface area contributed by atoms with E-state index in [0.29, 0.717) is 12.1 Å². The standard InChI is InChI=1S/C29H34N4O2S/c1-31-27(25-13-7-20-36-25)26(23-11-5-6-12-24(23)29(31)35)28(34)30-14-8-15-32-16-18-33(19-17-32)21-22-9-3-2-4-10-22/h2-7,9-13,20,26-27H,8,14-19,21H2,1H3,(H,30,34)/t26-,27-/m1/s1. The van der Waals surface area contributed by atoms with E-state index in [1.807, 2.05) is 41.8 Å². The number of piperazine rings is 1. The minimum Gasteiger partial charge on any atom is -0.355 e. The molecule has 1 fully saturated rings. The van der Waals surface area contributed by atoms with E-state index >= 15 is 0 Å². The number of rotatable bonds is 8. The van der Waals surface area contributed by atoms with Crippen molar-refractivity contribution in [2.75, 3.05) is 46.3 Å². The fourth-order valence-corrected chi connectivity index (χ4v) is 6.31. The quantitative estimate of drug-likeness (QED) is 0.474. The SMILES string of the molecule is CN1C(=O)c2ccccc2[C@@H](C(=O)NCCCN2CCN(Cc3ccccc3)CC2)[C@H]1c1cccs1. The van der Waals surface area contributed by atoms with E-state index in [1.54, 1.807) is 23.3 Å². The van der Waals surface area contributed by atoms with E-state index in [2.05, 4.69) is 45.4 Å². The van der Waals surface area contributed by atoms with E-state index in [1.165, 1.54) is 5.56 Å². The van der Waals surface area contributed by atoms with Gasteiger partial charge in [-0.2, -0.15) is 0 Å². The van der Waals surface area contributed by atoms with Crippen molar-refractivity contribution >= 4 is 23.2 Å². The molecule has 2 aliphatic heterocycles. The van der Waals surface area contributed by atoms with Gasteiger partial charge in [0.25, 0.3) is 5.91 Å². The van der Waals surface area contributed by atoms with Crippen LogP contribution in [0, 0.1) is 0 Å². The molecule has 2 aromatic carbocycles. The van der Waals surface area contributed by atoms with Gasteiger partial charge in [0.05, 0.1) is 12.0 Å². The predicted molar refractivity (Wildman–Crippen MR) is 144 cm³/mol. The fourth-order valence-electron chi connectivity index (χ4n) is 5.41. The van der Waals surface area contributed by atoms with Crippen LogP contribution in [0.5, 0.6) is 0 Å². The van der Waals surface area contributed by atoms with Gasteiger partial charge in [-0.1, -0.05) is 54.6 Å². The van der Waals surface area contributed by atoms with Gasteiger partial charge in [0.1, 0.15) is 0 Å². The Morgan fingerprint density at radius 2 is 1.67 bits per heavy atom. The molecule has 3 aromatic rings. The molecule has 188 valence electrons. The van der Waals surface area contributed by atoms with Crippen LogP contribution in [0.2, 0.25) is 0 Å². The van der Waals surface area contributed by atoms with Gasteiger partial charge in [-0.15, -0.1) is 11.3 Å². The molecule has 5 rings (SSSR count). The van der Waals surface area contributed by atoms with Crippen LogP contribution in [0.15, 0.2) is 72.1 Å². The monoisotopic (exact) mass is 502 g/mol. The first-order valence-electron chi connectivity index (χ1n) is 12.8. The molecule has 1 N–H and O–H groups in total. The Balaban J connectivity index is 1.15. The lowest BCUT2D eigenvalue weighted by Gasteiger charge is -2.39. The maximum absolute atomic E-state index is 13.5. The summed E-state index contributed by atoms with van der Waals surface area (Å²) in [7, 11) is 1.81. The summed E-state index contributed by atoms with van der Waals surface area (Å²) in [5, 5.41) is 5.19. The van der Waals surface area contributed by atoms with E-state index in [0.717, 1.165) is 56.1 Å².